The topological polar surface area (TPSA) is 12.0 Å². The summed E-state index contributed by atoms with van der Waals surface area (Å²) >= 11 is 0. The molecule has 0 heterocycles. The number of allylic oxidation sites excluding steroid dienone is 1. The lowest BCUT2D eigenvalue weighted by molar-refractivity contribution is 0.474. The minimum Gasteiger partial charge on any atom is -0.310 e. The van der Waals surface area contributed by atoms with E-state index in [4.69, 9.17) is 0 Å². The molecule has 0 aliphatic heterocycles. The van der Waals surface area contributed by atoms with Crippen LogP contribution in [-0.4, -0.2) is 6.04 Å². The smallest absolute Gasteiger partial charge is 0.0208 e. The fourth-order valence-electron chi connectivity index (χ4n) is 2.15. The van der Waals surface area contributed by atoms with Crippen LogP contribution in [0.2, 0.25) is 0 Å². The van der Waals surface area contributed by atoms with Crippen LogP contribution < -0.4 is 5.32 Å². The molecule has 2 rings (SSSR count). The minimum absolute atomic E-state index is 0.673. The molecular weight excluding hydrogens is 194 g/mol. The van der Waals surface area contributed by atoms with Gasteiger partial charge in [-0.05, 0) is 49.8 Å². The van der Waals surface area contributed by atoms with Crippen molar-refractivity contribution in [1.29, 1.82) is 0 Å². The van der Waals surface area contributed by atoms with Crippen molar-refractivity contribution in [3.05, 3.63) is 47.0 Å². The number of benzene rings is 1. The maximum Gasteiger partial charge on any atom is 0.0208 e. The van der Waals surface area contributed by atoms with Gasteiger partial charge in [0, 0.05) is 12.6 Å². The average molecular weight is 215 g/mol. The molecule has 1 N–H and O–H groups in total. The number of aryl methyl sites for hydroxylation is 2. The fourth-order valence-corrected chi connectivity index (χ4v) is 2.15. The van der Waals surface area contributed by atoms with E-state index in [2.05, 4.69) is 49.5 Å². The Hall–Kier alpha value is -1.08. The lowest BCUT2D eigenvalue weighted by Crippen LogP contribution is -2.29. The summed E-state index contributed by atoms with van der Waals surface area (Å²) in [7, 11) is 0. The van der Waals surface area contributed by atoms with Crippen LogP contribution in [0, 0.1) is 13.8 Å². The predicted molar refractivity (Wildman–Crippen MR) is 69.5 cm³/mol. The van der Waals surface area contributed by atoms with Crippen molar-refractivity contribution in [2.75, 3.05) is 0 Å². The first-order valence-corrected chi connectivity index (χ1v) is 6.20. The second-order valence-corrected chi connectivity index (χ2v) is 4.78. The van der Waals surface area contributed by atoms with Crippen LogP contribution in [0.4, 0.5) is 0 Å². The Morgan fingerprint density at radius 3 is 2.75 bits per heavy atom. The van der Waals surface area contributed by atoms with Crippen LogP contribution in [0.3, 0.4) is 0 Å². The van der Waals surface area contributed by atoms with Gasteiger partial charge in [0.05, 0.1) is 0 Å². The molecule has 0 amide bonds. The highest BCUT2D eigenvalue weighted by Gasteiger charge is 2.08. The van der Waals surface area contributed by atoms with Crippen molar-refractivity contribution in [1.82, 2.24) is 5.32 Å². The van der Waals surface area contributed by atoms with Crippen LogP contribution in [0.5, 0.6) is 0 Å². The van der Waals surface area contributed by atoms with Crippen molar-refractivity contribution >= 4 is 0 Å². The number of rotatable bonds is 3. The Morgan fingerprint density at radius 2 is 2.06 bits per heavy atom. The van der Waals surface area contributed by atoms with E-state index in [-0.39, 0.29) is 0 Å². The first-order valence-electron chi connectivity index (χ1n) is 6.20. The van der Waals surface area contributed by atoms with Gasteiger partial charge in [-0.1, -0.05) is 30.4 Å². The van der Waals surface area contributed by atoms with Gasteiger partial charge in [-0.2, -0.15) is 0 Å². The highest BCUT2D eigenvalue weighted by Crippen LogP contribution is 2.13. The van der Waals surface area contributed by atoms with Crippen molar-refractivity contribution in [2.24, 2.45) is 0 Å². The predicted octanol–water partition coefficient (Wildman–Crippen LogP) is 3.50. The molecule has 0 saturated heterocycles. The van der Waals surface area contributed by atoms with Gasteiger partial charge in [-0.3, -0.25) is 0 Å². The first kappa shape index (κ1) is 11.4. The van der Waals surface area contributed by atoms with Gasteiger partial charge in [-0.25, -0.2) is 0 Å². The standard InChI is InChI=1S/C15H21N/c1-12-8-9-14(10-13(12)2)11-16-15-6-4-3-5-7-15/h3-4,8-10,15-16H,5-7,11H2,1-2H3. The molecule has 0 saturated carbocycles. The van der Waals surface area contributed by atoms with Crippen LogP contribution in [0.15, 0.2) is 30.4 Å². The Kier molecular flexibility index (Phi) is 3.79. The fraction of sp³-hybridized carbons (Fsp3) is 0.467. The molecule has 1 heteroatoms. The summed E-state index contributed by atoms with van der Waals surface area (Å²) in [6, 6.07) is 7.41. The molecule has 1 aliphatic rings. The van der Waals surface area contributed by atoms with E-state index in [1.165, 1.54) is 36.0 Å². The third kappa shape index (κ3) is 2.96. The first-order chi connectivity index (χ1) is 7.75. The molecule has 0 aromatic heterocycles. The van der Waals surface area contributed by atoms with Crippen molar-refractivity contribution in [2.45, 2.75) is 45.7 Å². The van der Waals surface area contributed by atoms with Crippen molar-refractivity contribution in [3.63, 3.8) is 0 Å². The zero-order chi connectivity index (χ0) is 11.4. The average Bonchev–Trinajstić information content (AvgIpc) is 2.32. The van der Waals surface area contributed by atoms with Crippen molar-refractivity contribution in [3.8, 4) is 0 Å². The van der Waals surface area contributed by atoms with Crippen LogP contribution in [0.25, 0.3) is 0 Å². The van der Waals surface area contributed by atoms with Crippen LogP contribution in [-0.2, 0) is 6.54 Å². The van der Waals surface area contributed by atoms with E-state index >= 15 is 0 Å². The molecule has 0 fully saturated rings. The zero-order valence-electron chi connectivity index (χ0n) is 10.3. The number of hydrogen-bond donors (Lipinski definition) is 1. The van der Waals surface area contributed by atoms with E-state index in [0.717, 1.165) is 6.54 Å². The zero-order valence-corrected chi connectivity index (χ0v) is 10.3. The lowest BCUT2D eigenvalue weighted by Gasteiger charge is -2.19. The molecular formula is C15H21N. The molecule has 86 valence electrons. The van der Waals surface area contributed by atoms with E-state index in [1.807, 2.05) is 0 Å². The highest BCUT2D eigenvalue weighted by molar-refractivity contribution is 5.29. The second kappa shape index (κ2) is 5.31. The molecule has 0 bridgehead atoms. The van der Waals surface area contributed by atoms with Gasteiger partial charge in [0.2, 0.25) is 0 Å². The third-order valence-corrected chi connectivity index (χ3v) is 3.44. The van der Waals surface area contributed by atoms with Crippen LogP contribution >= 0.6 is 0 Å². The van der Waals surface area contributed by atoms with Gasteiger partial charge >= 0.3 is 0 Å². The maximum absolute atomic E-state index is 3.63. The molecule has 0 radical (unpaired) electrons. The van der Waals surface area contributed by atoms with Gasteiger partial charge < -0.3 is 5.32 Å². The molecule has 1 aliphatic carbocycles. The van der Waals surface area contributed by atoms with Crippen molar-refractivity contribution < 1.29 is 0 Å². The Labute approximate surface area is 98.6 Å². The summed E-state index contributed by atoms with van der Waals surface area (Å²) in [4.78, 5) is 0. The largest absolute Gasteiger partial charge is 0.310 e. The Morgan fingerprint density at radius 1 is 1.19 bits per heavy atom. The SMILES string of the molecule is Cc1ccc(CNC2CC=CCC2)cc1C. The molecule has 1 aromatic carbocycles. The van der Waals surface area contributed by atoms with Crippen LogP contribution in [0.1, 0.15) is 36.0 Å². The second-order valence-electron chi connectivity index (χ2n) is 4.78. The summed E-state index contributed by atoms with van der Waals surface area (Å²) < 4.78 is 0. The Balaban J connectivity index is 1.89. The summed E-state index contributed by atoms with van der Waals surface area (Å²) in [6.07, 6.45) is 8.27. The lowest BCUT2D eigenvalue weighted by atomic mass is 10.0. The van der Waals surface area contributed by atoms with Gasteiger partial charge in [-0.15, -0.1) is 0 Å². The summed E-state index contributed by atoms with van der Waals surface area (Å²) in [5.41, 5.74) is 4.17. The summed E-state index contributed by atoms with van der Waals surface area (Å²) in [6.45, 7) is 5.35. The molecule has 16 heavy (non-hydrogen) atoms. The summed E-state index contributed by atoms with van der Waals surface area (Å²) in [5, 5.41) is 3.63. The van der Waals surface area contributed by atoms with E-state index in [0.29, 0.717) is 6.04 Å². The molecule has 1 unspecified atom stereocenters. The maximum atomic E-state index is 3.63. The van der Waals surface area contributed by atoms with Gasteiger partial charge in [0.15, 0.2) is 0 Å². The molecule has 1 nitrogen and oxygen atoms in total. The number of hydrogen-bond acceptors (Lipinski definition) is 1. The molecule has 1 atom stereocenters. The highest BCUT2D eigenvalue weighted by atomic mass is 14.9. The number of nitrogens with one attached hydrogen (secondary N) is 1. The normalized spacial score (nSPS) is 20.0. The van der Waals surface area contributed by atoms with E-state index < -0.39 is 0 Å². The summed E-state index contributed by atoms with van der Waals surface area (Å²) in [5.74, 6) is 0. The minimum atomic E-state index is 0.673. The molecule has 1 aromatic rings. The monoisotopic (exact) mass is 215 g/mol. The Bertz CT molecular complexity index is 379. The van der Waals surface area contributed by atoms with E-state index in [1.54, 1.807) is 0 Å². The van der Waals surface area contributed by atoms with E-state index in [9.17, 15) is 0 Å². The quantitative estimate of drug-likeness (QED) is 0.761. The third-order valence-electron chi connectivity index (χ3n) is 3.44. The van der Waals surface area contributed by atoms with Gasteiger partial charge in [0.1, 0.15) is 0 Å². The van der Waals surface area contributed by atoms with Gasteiger partial charge in [0.25, 0.3) is 0 Å². The molecule has 0 spiro atoms.